The summed E-state index contributed by atoms with van der Waals surface area (Å²) >= 11 is 0. The highest BCUT2D eigenvalue weighted by molar-refractivity contribution is 7.87. The molecule has 0 aromatic heterocycles. The number of halogens is 4. The fourth-order valence-corrected chi connectivity index (χ4v) is 2.34. The van der Waals surface area contributed by atoms with Gasteiger partial charge in [-0.3, -0.25) is 9.35 Å². The van der Waals surface area contributed by atoms with Crippen molar-refractivity contribution in [2.75, 3.05) is 26.7 Å². The van der Waals surface area contributed by atoms with E-state index >= 15 is 0 Å². The zero-order valence-corrected chi connectivity index (χ0v) is 11.9. The Hall–Kier alpha value is -0.940. The molecular formula is C10H15F4NO5S. The smallest absolute Gasteiger partial charge is 0.431 e. The number of alkyl halides is 4. The number of hydrogen-bond donors (Lipinski definition) is 1. The molecule has 1 saturated heterocycles. The molecule has 21 heavy (non-hydrogen) atoms. The zero-order valence-electron chi connectivity index (χ0n) is 11.1. The van der Waals surface area contributed by atoms with E-state index in [4.69, 9.17) is 4.55 Å². The van der Waals surface area contributed by atoms with Crippen molar-refractivity contribution in [1.82, 2.24) is 4.90 Å². The molecule has 0 aromatic carbocycles. The molecule has 0 saturated carbocycles. The van der Waals surface area contributed by atoms with Crippen LogP contribution >= 0.6 is 0 Å². The van der Waals surface area contributed by atoms with Gasteiger partial charge in [-0.1, -0.05) is 0 Å². The van der Waals surface area contributed by atoms with Crippen LogP contribution in [0.1, 0.15) is 12.8 Å². The maximum absolute atomic E-state index is 13.1. The van der Waals surface area contributed by atoms with Gasteiger partial charge in [0.05, 0.1) is 18.9 Å². The largest absolute Gasteiger partial charge is 0.465 e. The number of nitrogens with zero attached hydrogens (tertiary/aromatic N) is 1. The molecule has 0 aliphatic carbocycles. The van der Waals surface area contributed by atoms with Crippen LogP contribution in [0.2, 0.25) is 0 Å². The lowest BCUT2D eigenvalue weighted by molar-refractivity contribution is -0.175. The Morgan fingerprint density at radius 3 is 2.38 bits per heavy atom. The van der Waals surface area contributed by atoms with Crippen LogP contribution in [0.25, 0.3) is 0 Å². The first-order chi connectivity index (χ1) is 9.38. The standard InChI is InChI=1S/C10H15F4NO5S/c1-15-4-2-7(6-15)8(16)20-5-3-9(11,12)10(13,14)21(17,18)19/h7H,2-6H2,1H3,(H,17,18,19). The summed E-state index contributed by atoms with van der Waals surface area (Å²) in [4.78, 5) is 13.3. The first kappa shape index (κ1) is 18.1. The highest BCUT2D eigenvalue weighted by Gasteiger charge is 2.65. The average Bonchev–Trinajstić information content (AvgIpc) is 2.73. The summed E-state index contributed by atoms with van der Waals surface area (Å²) in [5.74, 6) is -6.37. The normalized spacial score (nSPS) is 21.5. The molecule has 0 aromatic rings. The van der Waals surface area contributed by atoms with E-state index in [1.54, 1.807) is 7.05 Å². The van der Waals surface area contributed by atoms with Crippen molar-refractivity contribution in [2.45, 2.75) is 24.0 Å². The molecule has 6 nitrogen and oxygen atoms in total. The highest BCUT2D eigenvalue weighted by atomic mass is 32.2. The predicted octanol–water partition coefficient (Wildman–Crippen LogP) is 0.987. The third kappa shape index (κ3) is 4.04. The average molecular weight is 337 g/mol. The SMILES string of the molecule is CN1CCC(C(=O)OCCC(F)(F)C(F)(F)S(=O)(=O)O)C1. The fourth-order valence-electron chi connectivity index (χ4n) is 1.86. The van der Waals surface area contributed by atoms with Gasteiger partial charge in [0.25, 0.3) is 0 Å². The van der Waals surface area contributed by atoms with Crippen LogP contribution in [0.4, 0.5) is 17.6 Å². The van der Waals surface area contributed by atoms with Crippen LogP contribution in [0.5, 0.6) is 0 Å². The molecule has 11 heteroatoms. The van der Waals surface area contributed by atoms with Crippen LogP contribution in [0, 0.1) is 5.92 Å². The van der Waals surface area contributed by atoms with Gasteiger partial charge in [-0.2, -0.15) is 26.0 Å². The Morgan fingerprint density at radius 1 is 1.38 bits per heavy atom. The molecule has 0 bridgehead atoms. The molecule has 0 amide bonds. The number of rotatable bonds is 6. The quantitative estimate of drug-likeness (QED) is 0.442. The van der Waals surface area contributed by atoms with Crippen molar-refractivity contribution in [3.63, 3.8) is 0 Å². The van der Waals surface area contributed by atoms with E-state index in [-0.39, 0.29) is 0 Å². The van der Waals surface area contributed by atoms with Gasteiger partial charge in [-0.15, -0.1) is 0 Å². The van der Waals surface area contributed by atoms with Crippen LogP contribution in [-0.4, -0.2) is 61.8 Å². The Morgan fingerprint density at radius 2 is 1.95 bits per heavy atom. The van der Waals surface area contributed by atoms with E-state index in [9.17, 15) is 30.8 Å². The lowest BCUT2D eigenvalue weighted by Gasteiger charge is -2.23. The summed E-state index contributed by atoms with van der Waals surface area (Å²) in [5, 5.41) is -5.64. The number of likely N-dealkylation sites (tertiary alicyclic amines) is 1. The lowest BCUT2D eigenvalue weighted by Crippen LogP contribution is -2.47. The maximum Gasteiger partial charge on any atom is 0.431 e. The molecule has 1 aliphatic rings. The van der Waals surface area contributed by atoms with E-state index in [1.165, 1.54) is 0 Å². The predicted molar refractivity (Wildman–Crippen MR) is 62.6 cm³/mol. The van der Waals surface area contributed by atoms with Crippen molar-refractivity contribution >= 4 is 16.1 Å². The second-order valence-corrected chi connectivity index (χ2v) is 6.32. The van der Waals surface area contributed by atoms with Gasteiger partial charge in [0.15, 0.2) is 0 Å². The minimum absolute atomic E-state index is 0.371. The first-order valence-corrected chi connectivity index (χ1v) is 7.40. The number of esters is 1. The molecule has 1 aliphatic heterocycles. The van der Waals surface area contributed by atoms with Crippen molar-refractivity contribution in [2.24, 2.45) is 5.92 Å². The van der Waals surface area contributed by atoms with Gasteiger partial charge < -0.3 is 9.64 Å². The van der Waals surface area contributed by atoms with Crippen molar-refractivity contribution < 1.29 is 40.1 Å². The molecule has 1 unspecified atom stereocenters. The third-order valence-electron chi connectivity index (χ3n) is 3.13. The molecule has 124 valence electrons. The monoisotopic (exact) mass is 337 g/mol. The number of hydrogen-bond acceptors (Lipinski definition) is 5. The Bertz CT molecular complexity index is 496. The van der Waals surface area contributed by atoms with E-state index < -0.39 is 46.2 Å². The first-order valence-electron chi connectivity index (χ1n) is 5.96. The summed E-state index contributed by atoms with van der Waals surface area (Å²) < 4.78 is 85.0. The summed E-state index contributed by atoms with van der Waals surface area (Å²) in [6.07, 6.45) is -1.25. The number of carbonyl (C=O) groups is 1. The van der Waals surface area contributed by atoms with Crippen LogP contribution in [-0.2, 0) is 19.6 Å². The van der Waals surface area contributed by atoms with Gasteiger partial charge in [0.1, 0.15) is 0 Å². The molecule has 1 fully saturated rings. The molecule has 1 N–H and O–H groups in total. The van der Waals surface area contributed by atoms with Gasteiger partial charge in [-0.25, -0.2) is 0 Å². The molecule has 1 atom stereocenters. The summed E-state index contributed by atoms with van der Waals surface area (Å²) in [6.45, 7) is -0.0791. The van der Waals surface area contributed by atoms with Crippen LogP contribution < -0.4 is 0 Å². The maximum atomic E-state index is 13.1. The van der Waals surface area contributed by atoms with Crippen molar-refractivity contribution in [3.05, 3.63) is 0 Å². The van der Waals surface area contributed by atoms with Gasteiger partial charge >= 0.3 is 27.3 Å². The van der Waals surface area contributed by atoms with Crippen LogP contribution in [0.15, 0.2) is 0 Å². The fraction of sp³-hybridized carbons (Fsp3) is 0.900. The highest BCUT2D eigenvalue weighted by Crippen LogP contribution is 2.40. The molecule has 1 rings (SSSR count). The minimum atomic E-state index is -6.26. The minimum Gasteiger partial charge on any atom is -0.465 e. The van der Waals surface area contributed by atoms with E-state index in [0.717, 1.165) is 0 Å². The zero-order chi connectivity index (χ0) is 16.5. The summed E-state index contributed by atoms with van der Waals surface area (Å²) in [6, 6.07) is 0. The second kappa shape index (κ2) is 6.05. The third-order valence-corrected chi connectivity index (χ3v) is 4.08. The summed E-state index contributed by atoms with van der Waals surface area (Å²) in [5.41, 5.74) is 0. The molecule has 0 spiro atoms. The topological polar surface area (TPSA) is 83.9 Å². The number of ether oxygens (including phenoxy) is 1. The Labute approximate surface area is 118 Å². The van der Waals surface area contributed by atoms with Gasteiger partial charge in [0.2, 0.25) is 0 Å². The van der Waals surface area contributed by atoms with Crippen molar-refractivity contribution in [3.8, 4) is 0 Å². The van der Waals surface area contributed by atoms with E-state index in [0.29, 0.717) is 19.5 Å². The molecular weight excluding hydrogens is 322 g/mol. The van der Waals surface area contributed by atoms with Crippen molar-refractivity contribution in [1.29, 1.82) is 0 Å². The number of carbonyl (C=O) groups excluding carboxylic acids is 1. The van der Waals surface area contributed by atoms with Gasteiger partial charge in [-0.05, 0) is 20.0 Å². The van der Waals surface area contributed by atoms with Gasteiger partial charge in [0, 0.05) is 6.54 Å². The van der Waals surface area contributed by atoms with E-state index in [1.807, 2.05) is 4.90 Å². The second-order valence-electron chi connectivity index (χ2n) is 4.86. The lowest BCUT2D eigenvalue weighted by atomic mass is 10.1. The molecule has 1 heterocycles. The van der Waals surface area contributed by atoms with E-state index in [2.05, 4.69) is 4.74 Å². The molecule has 0 radical (unpaired) electrons. The Kier molecular flexibility index (Phi) is 5.22. The summed E-state index contributed by atoms with van der Waals surface area (Å²) in [7, 11) is -4.52. The van der Waals surface area contributed by atoms with Crippen LogP contribution in [0.3, 0.4) is 0 Å². The Balaban J connectivity index is 2.53.